The summed E-state index contributed by atoms with van der Waals surface area (Å²) in [5.74, 6) is 0. The molecular weight excluding hydrogens is 302 g/mol. The molecule has 2 rings (SSSR count). The lowest BCUT2D eigenvalue weighted by molar-refractivity contribution is 0.837. The summed E-state index contributed by atoms with van der Waals surface area (Å²) in [6.45, 7) is 4.92. The molecule has 19 heavy (non-hydrogen) atoms. The molecule has 0 aliphatic heterocycles. The average Bonchev–Trinajstić information content (AvgIpc) is 2.64. The van der Waals surface area contributed by atoms with Crippen molar-refractivity contribution in [2.75, 3.05) is 5.32 Å². The van der Waals surface area contributed by atoms with E-state index in [0.29, 0.717) is 5.56 Å². The summed E-state index contributed by atoms with van der Waals surface area (Å²) in [6.07, 6.45) is 0. The van der Waals surface area contributed by atoms with Gasteiger partial charge in [-0.3, -0.25) is 0 Å². The molecule has 2 aromatic rings. The van der Waals surface area contributed by atoms with Crippen molar-refractivity contribution in [2.45, 2.75) is 20.4 Å². The van der Waals surface area contributed by atoms with E-state index in [4.69, 9.17) is 5.26 Å². The number of aryl methyl sites for hydroxylation is 1. The summed E-state index contributed by atoms with van der Waals surface area (Å²) in [5.41, 5.74) is 5.26. The summed E-state index contributed by atoms with van der Waals surface area (Å²) >= 11 is 3.43. The van der Waals surface area contributed by atoms with Crippen LogP contribution >= 0.6 is 15.9 Å². The smallest absolute Gasteiger partial charge is 0.101 e. The van der Waals surface area contributed by atoms with Crippen LogP contribution in [0.5, 0.6) is 0 Å². The van der Waals surface area contributed by atoms with Gasteiger partial charge in [0.25, 0.3) is 0 Å². The highest BCUT2D eigenvalue weighted by Crippen LogP contribution is 2.22. The molecule has 1 N–H and O–H groups in total. The van der Waals surface area contributed by atoms with Gasteiger partial charge in [0.2, 0.25) is 0 Å². The lowest BCUT2D eigenvalue weighted by Gasteiger charge is -2.09. The zero-order valence-corrected chi connectivity index (χ0v) is 12.9. The van der Waals surface area contributed by atoms with Gasteiger partial charge in [-0.15, -0.1) is 0 Å². The first-order chi connectivity index (χ1) is 9.02. The van der Waals surface area contributed by atoms with Crippen LogP contribution in [0.2, 0.25) is 0 Å². The van der Waals surface area contributed by atoms with Crippen molar-refractivity contribution in [1.82, 2.24) is 4.57 Å². The zero-order chi connectivity index (χ0) is 14.0. The third-order valence-corrected chi connectivity index (χ3v) is 3.94. The Balaban J connectivity index is 2.21. The molecule has 0 aliphatic carbocycles. The van der Waals surface area contributed by atoms with Gasteiger partial charge < -0.3 is 9.88 Å². The molecule has 0 saturated heterocycles. The van der Waals surface area contributed by atoms with Gasteiger partial charge in [0.05, 0.1) is 11.3 Å². The third-order valence-electron chi connectivity index (χ3n) is 3.45. The van der Waals surface area contributed by atoms with Crippen LogP contribution < -0.4 is 5.32 Å². The molecule has 0 radical (unpaired) electrons. The Labute approximate surface area is 122 Å². The topological polar surface area (TPSA) is 40.8 Å². The molecule has 0 saturated carbocycles. The summed E-state index contributed by atoms with van der Waals surface area (Å²) in [7, 11) is 2.06. The maximum Gasteiger partial charge on any atom is 0.101 e. The first-order valence-electron chi connectivity index (χ1n) is 6.08. The Kier molecular flexibility index (Phi) is 3.96. The van der Waals surface area contributed by atoms with Crippen LogP contribution in [-0.4, -0.2) is 4.57 Å². The van der Waals surface area contributed by atoms with Crippen LogP contribution in [0, 0.1) is 25.2 Å². The second-order valence-corrected chi connectivity index (χ2v) is 5.53. The highest BCUT2D eigenvalue weighted by atomic mass is 79.9. The molecule has 0 amide bonds. The van der Waals surface area contributed by atoms with Crippen LogP contribution in [-0.2, 0) is 13.6 Å². The van der Waals surface area contributed by atoms with Crippen molar-refractivity contribution in [2.24, 2.45) is 7.05 Å². The van der Waals surface area contributed by atoms with Gasteiger partial charge in [-0.2, -0.15) is 5.26 Å². The molecule has 4 heteroatoms. The standard InChI is InChI=1S/C15H16BrN3/c1-10-6-13(11(2)19(10)3)9-18-15-7-14(16)5-4-12(15)8-17/h4-7,18H,9H2,1-3H3. The van der Waals surface area contributed by atoms with Gasteiger partial charge in [-0.1, -0.05) is 15.9 Å². The van der Waals surface area contributed by atoms with Crippen LogP contribution in [0.1, 0.15) is 22.5 Å². The van der Waals surface area contributed by atoms with E-state index < -0.39 is 0 Å². The summed E-state index contributed by atoms with van der Waals surface area (Å²) in [6, 6.07) is 10.0. The van der Waals surface area contributed by atoms with Gasteiger partial charge in [0, 0.05) is 29.5 Å². The minimum Gasteiger partial charge on any atom is -0.380 e. The molecule has 0 atom stereocenters. The highest BCUT2D eigenvalue weighted by molar-refractivity contribution is 9.10. The maximum atomic E-state index is 9.10. The van der Waals surface area contributed by atoms with Crippen molar-refractivity contribution in [1.29, 1.82) is 5.26 Å². The number of rotatable bonds is 3. The lowest BCUT2D eigenvalue weighted by atomic mass is 10.2. The second kappa shape index (κ2) is 5.50. The quantitative estimate of drug-likeness (QED) is 0.933. The number of nitrogens with one attached hydrogen (secondary N) is 1. The number of nitrogens with zero attached hydrogens (tertiary/aromatic N) is 2. The van der Waals surface area contributed by atoms with Gasteiger partial charge in [0.15, 0.2) is 0 Å². The third kappa shape index (κ3) is 2.82. The van der Waals surface area contributed by atoms with E-state index in [1.54, 1.807) is 0 Å². The highest BCUT2D eigenvalue weighted by Gasteiger charge is 2.07. The largest absolute Gasteiger partial charge is 0.380 e. The number of hydrogen-bond donors (Lipinski definition) is 1. The van der Waals surface area contributed by atoms with Crippen molar-refractivity contribution in [3.63, 3.8) is 0 Å². The Morgan fingerprint density at radius 1 is 1.32 bits per heavy atom. The van der Waals surface area contributed by atoms with E-state index in [1.165, 1.54) is 17.0 Å². The number of hydrogen-bond acceptors (Lipinski definition) is 2. The number of nitriles is 1. The molecule has 98 valence electrons. The minimum absolute atomic E-state index is 0.661. The molecule has 1 heterocycles. The van der Waals surface area contributed by atoms with E-state index in [0.717, 1.165) is 16.7 Å². The van der Waals surface area contributed by atoms with Crippen molar-refractivity contribution in [3.05, 3.63) is 51.3 Å². The minimum atomic E-state index is 0.661. The van der Waals surface area contributed by atoms with Crippen LogP contribution in [0.4, 0.5) is 5.69 Å². The van der Waals surface area contributed by atoms with Gasteiger partial charge >= 0.3 is 0 Å². The molecule has 0 fully saturated rings. The average molecular weight is 318 g/mol. The van der Waals surface area contributed by atoms with Gasteiger partial charge in [-0.05, 0) is 43.7 Å². The first kappa shape index (κ1) is 13.7. The van der Waals surface area contributed by atoms with Gasteiger partial charge in [-0.25, -0.2) is 0 Å². The Bertz CT molecular complexity index is 650. The SMILES string of the molecule is Cc1cc(CNc2cc(Br)ccc2C#N)c(C)n1C. The van der Waals surface area contributed by atoms with Crippen LogP contribution in [0.3, 0.4) is 0 Å². The van der Waals surface area contributed by atoms with E-state index in [1.807, 2.05) is 18.2 Å². The predicted octanol–water partition coefficient (Wildman–Crippen LogP) is 3.89. The van der Waals surface area contributed by atoms with Crippen molar-refractivity contribution >= 4 is 21.6 Å². The summed E-state index contributed by atoms with van der Waals surface area (Å²) in [4.78, 5) is 0. The first-order valence-corrected chi connectivity index (χ1v) is 6.87. The monoisotopic (exact) mass is 317 g/mol. The Hall–Kier alpha value is -1.73. The molecule has 1 aromatic carbocycles. The molecule has 0 bridgehead atoms. The van der Waals surface area contributed by atoms with Crippen LogP contribution in [0.25, 0.3) is 0 Å². The van der Waals surface area contributed by atoms with Crippen molar-refractivity contribution in [3.8, 4) is 6.07 Å². The second-order valence-electron chi connectivity index (χ2n) is 4.61. The van der Waals surface area contributed by atoms with E-state index >= 15 is 0 Å². The van der Waals surface area contributed by atoms with E-state index in [-0.39, 0.29) is 0 Å². The summed E-state index contributed by atoms with van der Waals surface area (Å²) < 4.78 is 3.14. The number of benzene rings is 1. The predicted molar refractivity (Wildman–Crippen MR) is 81.1 cm³/mol. The Morgan fingerprint density at radius 3 is 2.63 bits per heavy atom. The molecule has 1 aromatic heterocycles. The Morgan fingerprint density at radius 2 is 2.05 bits per heavy atom. The van der Waals surface area contributed by atoms with Crippen LogP contribution in [0.15, 0.2) is 28.7 Å². The number of aromatic nitrogens is 1. The zero-order valence-electron chi connectivity index (χ0n) is 11.3. The fraction of sp³-hybridized carbons (Fsp3) is 0.267. The van der Waals surface area contributed by atoms with E-state index in [9.17, 15) is 0 Å². The fourth-order valence-corrected chi connectivity index (χ4v) is 2.42. The fourth-order valence-electron chi connectivity index (χ4n) is 2.06. The lowest BCUT2D eigenvalue weighted by Crippen LogP contribution is -2.03. The normalized spacial score (nSPS) is 10.3. The maximum absolute atomic E-state index is 9.10. The van der Waals surface area contributed by atoms with E-state index in [2.05, 4.69) is 58.8 Å². The number of anilines is 1. The summed E-state index contributed by atoms with van der Waals surface area (Å²) in [5, 5.41) is 12.4. The molecule has 0 spiro atoms. The van der Waals surface area contributed by atoms with Gasteiger partial charge in [0.1, 0.15) is 6.07 Å². The molecule has 0 unspecified atom stereocenters. The molecule has 0 aliphatic rings. The molecule has 3 nitrogen and oxygen atoms in total. The number of halogens is 1. The van der Waals surface area contributed by atoms with Crippen molar-refractivity contribution < 1.29 is 0 Å². The molecular formula is C15H16BrN3.